The van der Waals surface area contributed by atoms with Gasteiger partial charge in [-0.15, -0.1) is 0 Å². The highest BCUT2D eigenvalue weighted by atomic mass is 35.5. The van der Waals surface area contributed by atoms with Crippen molar-refractivity contribution in [3.05, 3.63) is 68.7 Å². The van der Waals surface area contributed by atoms with Crippen LogP contribution in [0, 0.1) is 5.92 Å². The number of hydrogen-bond donors (Lipinski definition) is 3. The molecule has 3 aliphatic rings. The number of carbonyl (C=O) groups excluding carboxylic acids is 3. The van der Waals surface area contributed by atoms with Crippen LogP contribution in [0.5, 0.6) is 11.5 Å². The molecule has 2 aliphatic carbocycles. The number of fused-ring (bicyclic) bond motifs is 3. The van der Waals surface area contributed by atoms with Crippen molar-refractivity contribution < 1.29 is 34.1 Å². The van der Waals surface area contributed by atoms with Gasteiger partial charge in [-0.05, 0) is 48.7 Å². The van der Waals surface area contributed by atoms with Gasteiger partial charge in [0.25, 0.3) is 0 Å². The number of ether oxygens (including phenoxy) is 2. The summed E-state index contributed by atoms with van der Waals surface area (Å²) in [6.07, 6.45) is 3.49. The number of aldehydes is 1. The van der Waals surface area contributed by atoms with E-state index in [0.717, 1.165) is 25.7 Å². The summed E-state index contributed by atoms with van der Waals surface area (Å²) in [5.41, 5.74) is 1.83. The van der Waals surface area contributed by atoms with Gasteiger partial charge in [0, 0.05) is 35.7 Å². The second-order valence-electron chi connectivity index (χ2n) is 10.6. The second-order valence-corrected chi connectivity index (χ2v) is 11.4. The molecule has 3 N–H and O–H groups in total. The molecular weight excluding hydrogens is 571 g/mol. The third kappa shape index (κ3) is 5.68. The first kappa shape index (κ1) is 29.4. The van der Waals surface area contributed by atoms with Crippen LogP contribution in [0.3, 0.4) is 0 Å². The third-order valence-corrected chi connectivity index (χ3v) is 8.83. The Morgan fingerprint density at radius 2 is 1.93 bits per heavy atom. The summed E-state index contributed by atoms with van der Waals surface area (Å²) in [5, 5.41) is 24.6. The van der Waals surface area contributed by atoms with Crippen LogP contribution >= 0.6 is 23.2 Å². The Bertz CT molecular complexity index is 1370. The summed E-state index contributed by atoms with van der Waals surface area (Å²) in [6, 6.07) is 7.34. The van der Waals surface area contributed by atoms with E-state index in [-0.39, 0.29) is 37.1 Å². The maximum absolute atomic E-state index is 14.0. The fourth-order valence-corrected chi connectivity index (χ4v) is 6.45. The van der Waals surface area contributed by atoms with E-state index in [1.807, 2.05) is 0 Å². The number of halogens is 2. The van der Waals surface area contributed by atoms with E-state index in [4.69, 9.17) is 32.7 Å². The molecule has 218 valence electrons. The lowest BCUT2D eigenvalue weighted by molar-refractivity contribution is -0.142. The molecule has 0 bridgehead atoms. The Balaban J connectivity index is 1.61. The second kappa shape index (κ2) is 12.4. The quantitative estimate of drug-likeness (QED) is 0.374. The highest BCUT2D eigenvalue weighted by molar-refractivity contribution is 6.42. The van der Waals surface area contributed by atoms with Crippen molar-refractivity contribution in [2.75, 3.05) is 20.3 Å². The van der Waals surface area contributed by atoms with Crippen molar-refractivity contribution in [3.8, 4) is 11.5 Å². The van der Waals surface area contributed by atoms with Gasteiger partial charge in [0.1, 0.15) is 18.5 Å². The van der Waals surface area contributed by atoms with Crippen molar-refractivity contribution in [2.24, 2.45) is 5.92 Å². The van der Waals surface area contributed by atoms with Crippen LogP contribution in [0.4, 0.5) is 0 Å². The molecule has 41 heavy (non-hydrogen) atoms. The normalized spacial score (nSPS) is 23.2. The smallest absolute Gasteiger partial charge is 0.247 e. The molecule has 0 aromatic heterocycles. The number of carbonyl (C=O) groups is 3. The van der Waals surface area contributed by atoms with E-state index >= 15 is 0 Å². The monoisotopic (exact) mass is 602 g/mol. The van der Waals surface area contributed by atoms with Gasteiger partial charge in [0.15, 0.2) is 11.5 Å². The number of aliphatic hydroxyl groups excluding tert-OH is 2. The van der Waals surface area contributed by atoms with Crippen LogP contribution in [-0.4, -0.2) is 71.7 Å². The molecule has 2 amide bonds. The van der Waals surface area contributed by atoms with Crippen molar-refractivity contribution in [1.29, 1.82) is 0 Å². The topological polar surface area (TPSA) is 125 Å². The number of hydrogen-bond acceptors (Lipinski definition) is 7. The van der Waals surface area contributed by atoms with Crippen LogP contribution in [-0.2, 0) is 16.1 Å². The van der Waals surface area contributed by atoms with Gasteiger partial charge in [-0.2, -0.15) is 0 Å². The molecule has 9 nitrogen and oxygen atoms in total. The van der Waals surface area contributed by atoms with Gasteiger partial charge in [0.05, 0.1) is 35.7 Å². The van der Waals surface area contributed by atoms with Crippen LogP contribution in [0.15, 0.2) is 42.0 Å². The average molecular weight is 603 g/mol. The van der Waals surface area contributed by atoms with Gasteiger partial charge in [0.2, 0.25) is 11.8 Å². The van der Waals surface area contributed by atoms with Crippen molar-refractivity contribution in [3.63, 3.8) is 0 Å². The van der Waals surface area contributed by atoms with Crippen LogP contribution in [0.1, 0.15) is 53.1 Å². The zero-order valence-corrected chi connectivity index (χ0v) is 24.0. The average Bonchev–Trinajstić information content (AvgIpc) is 3.65. The molecule has 11 heteroatoms. The summed E-state index contributed by atoms with van der Waals surface area (Å²) >= 11 is 12.4. The first-order chi connectivity index (χ1) is 19.8. The summed E-state index contributed by atoms with van der Waals surface area (Å²) in [4.78, 5) is 40.8. The highest BCUT2D eigenvalue weighted by Crippen LogP contribution is 2.51. The summed E-state index contributed by atoms with van der Waals surface area (Å²) in [6.45, 7) is -0.127. The summed E-state index contributed by atoms with van der Waals surface area (Å²) in [7, 11) is 1.44. The Morgan fingerprint density at radius 3 is 2.59 bits per heavy atom. The van der Waals surface area contributed by atoms with E-state index < -0.39 is 30.1 Å². The van der Waals surface area contributed by atoms with Gasteiger partial charge in [-0.25, -0.2) is 0 Å². The summed E-state index contributed by atoms with van der Waals surface area (Å²) in [5.74, 6) is -0.921. The first-order valence-electron chi connectivity index (χ1n) is 13.6. The van der Waals surface area contributed by atoms with Gasteiger partial charge < -0.3 is 29.9 Å². The van der Waals surface area contributed by atoms with E-state index in [1.54, 1.807) is 35.2 Å². The molecule has 4 atom stereocenters. The lowest BCUT2D eigenvalue weighted by Crippen LogP contribution is -2.56. The number of rotatable bonds is 9. The number of benzene rings is 2. The predicted molar refractivity (Wildman–Crippen MR) is 152 cm³/mol. The van der Waals surface area contributed by atoms with Crippen LogP contribution in [0.2, 0.25) is 10.0 Å². The van der Waals surface area contributed by atoms with E-state index in [0.29, 0.717) is 44.5 Å². The fourth-order valence-electron chi connectivity index (χ4n) is 6.13. The molecule has 0 saturated heterocycles. The zero-order chi connectivity index (χ0) is 29.3. The lowest BCUT2D eigenvalue weighted by Gasteiger charge is -2.41. The van der Waals surface area contributed by atoms with Crippen molar-refractivity contribution in [1.82, 2.24) is 10.2 Å². The molecule has 1 saturated carbocycles. The Kier molecular flexibility index (Phi) is 8.89. The minimum atomic E-state index is -1.22. The number of methoxy groups -OCH3 is 1. The molecule has 2 aromatic carbocycles. The zero-order valence-electron chi connectivity index (χ0n) is 22.5. The maximum atomic E-state index is 14.0. The fraction of sp³-hybridized carbons (Fsp3) is 0.433. The molecule has 2 aromatic rings. The van der Waals surface area contributed by atoms with Gasteiger partial charge in [-0.1, -0.05) is 42.1 Å². The van der Waals surface area contributed by atoms with Crippen molar-refractivity contribution >= 4 is 41.3 Å². The number of amides is 2. The molecule has 0 unspecified atom stereocenters. The molecule has 0 spiro atoms. The summed E-state index contributed by atoms with van der Waals surface area (Å²) < 4.78 is 11.7. The number of nitrogens with one attached hydrogen (secondary N) is 1. The van der Waals surface area contributed by atoms with Crippen molar-refractivity contribution in [2.45, 2.75) is 56.4 Å². The molecular formula is C30H32Cl2N2O7. The largest absolute Gasteiger partial charge is 0.493 e. The standard InChI is InChI=1S/C30H32Cl2N2O7/c1-40-24-12-17(15-36)10-19-25-20(29(38)33-8-9-35)13-23(26(37)28(25)41-27(19)24)34(30(39)18-4-2-3-5-18)14-16-6-7-21(31)22(32)11-16/h6-7,10-13,15,18,23,25-26,28,35,37H,2-5,8-9,14H2,1H3,(H,33,38)/t23-,25+,26+,28+/m1/s1. The third-order valence-electron chi connectivity index (χ3n) is 8.10. The molecule has 0 radical (unpaired) electrons. The molecule has 1 heterocycles. The first-order valence-corrected chi connectivity index (χ1v) is 14.4. The van der Waals surface area contributed by atoms with Crippen LogP contribution < -0.4 is 14.8 Å². The molecule has 1 fully saturated rings. The van der Waals surface area contributed by atoms with Gasteiger partial charge >= 0.3 is 0 Å². The molecule has 5 rings (SSSR count). The lowest BCUT2D eigenvalue weighted by atomic mass is 9.77. The van der Waals surface area contributed by atoms with E-state index in [9.17, 15) is 24.6 Å². The Labute approximate surface area is 248 Å². The Hall–Kier alpha value is -3.11. The maximum Gasteiger partial charge on any atom is 0.247 e. The van der Waals surface area contributed by atoms with E-state index in [2.05, 4.69) is 5.32 Å². The van der Waals surface area contributed by atoms with Gasteiger partial charge in [-0.3, -0.25) is 14.4 Å². The number of aliphatic hydroxyl groups is 2. The molecule has 1 aliphatic heterocycles. The predicted octanol–water partition coefficient (Wildman–Crippen LogP) is 3.66. The Morgan fingerprint density at radius 1 is 1.17 bits per heavy atom. The van der Waals surface area contributed by atoms with Crippen LogP contribution in [0.25, 0.3) is 0 Å². The minimum Gasteiger partial charge on any atom is -0.493 e. The number of nitrogens with zero attached hydrogens (tertiary/aromatic N) is 1. The SMILES string of the molecule is COc1cc(C=O)cc2c1O[C@@H]1[C@@H](O)[C@H](N(Cc3ccc(Cl)c(Cl)c3)C(=O)C3CCCC3)C=C(C(=O)NCCO)[C@H]21. The minimum absolute atomic E-state index is 0.0141. The highest BCUT2D eigenvalue weighted by Gasteiger charge is 2.52. The van der Waals surface area contributed by atoms with E-state index in [1.165, 1.54) is 13.2 Å².